The van der Waals surface area contributed by atoms with Crippen molar-refractivity contribution in [3.8, 4) is 11.4 Å². The first-order valence-corrected chi connectivity index (χ1v) is 6.57. The van der Waals surface area contributed by atoms with E-state index in [0.29, 0.717) is 18.9 Å². The number of halogens is 1. The Bertz CT molecular complexity index is 611. The van der Waals surface area contributed by atoms with Crippen LogP contribution < -0.4 is 10.6 Å². The quantitative estimate of drug-likeness (QED) is 0.872. The second-order valence-corrected chi connectivity index (χ2v) is 4.96. The molecule has 20 heavy (non-hydrogen) atoms. The van der Waals surface area contributed by atoms with Crippen molar-refractivity contribution < 1.29 is 4.39 Å². The van der Waals surface area contributed by atoms with Crippen molar-refractivity contribution in [3.05, 3.63) is 24.4 Å². The molecule has 1 saturated heterocycles. The van der Waals surface area contributed by atoms with Gasteiger partial charge < -0.3 is 15.2 Å². The van der Waals surface area contributed by atoms with Gasteiger partial charge in [-0.1, -0.05) is 0 Å². The standard InChI is InChI=1S/C13H17FN6/c1-8-17-6-12(20(8)2)11-5-16-7-13(19-11)18-10-4-15-3-9(10)14/h5-7,9-10,15H,3-4H2,1-2H3,(H,18,19)/t9-,10+/m0/s1. The predicted molar refractivity (Wildman–Crippen MR) is 74.1 cm³/mol. The van der Waals surface area contributed by atoms with Gasteiger partial charge in [-0.25, -0.2) is 14.4 Å². The smallest absolute Gasteiger partial charge is 0.145 e. The van der Waals surface area contributed by atoms with E-state index in [0.717, 1.165) is 17.2 Å². The maximum atomic E-state index is 13.6. The molecule has 3 heterocycles. The van der Waals surface area contributed by atoms with Gasteiger partial charge in [-0.2, -0.15) is 0 Å². The number of aryl methyl sites for hydroxylation is 1. The van der Waals surface area contributed by atoms with Crippen LogP contribution in [-0.2, 0) is 7.05 Å². The summed E-state index contributed by atoms with van der Waals surface area (Å²) in [7, 11) is 1.93. The summed E-state index contributed by atoms with van der Waals surface area (Å²) in [6, 6.07) is -0.257. The van der Waals surface area contributed by atoms with Crippen LogP contribution in [-0.4, -0.2) is 44.8 Å². The van der Waals surface area contributed by atoms with Gasteiger partial charge in [-0.15, -0.1) is 0 Å². The summed E-state index contributed by atoms with van der Waals surface area (Å²) in [6.45, 7) is 2.90. The number of rotatable bonds is 3. The monoisotopic (exact) mass is 276 g/mol. The third-order valence-electron chi connectivity index (χ3n) is 3.59. The van der Waals surface area contributed by atoms with Crippen LogP contribution in [0.1, 0.15) is 5.82 Å². The lowest BCUT2D eigenvalue weighted by molar-refractivity contribution is 0.342. The average molecular weight is 276 g/mol. The second kappa shape index (κ2) is 5.16. The first-order valence-electron chi connectivity index (χ1n) is 6.57. The molecule has 2 aromatic rings. The summed E-state index contributed by atoms with van der Waals surface area (Å²) in [5.74, 6) is 1.49. The number of aromatic nitrogens is 4. The summed E-state index contributed by atoms with van der Waals surface area (Å²) in [4.78, 5) is 12.9. The summed E-state index contributed by atoms with van der Waals surface area (Å²) in [5, 5.41) is 6.09. The predicted octanol–water partition coefficient (Wildman–Crippen LogP) is 0.907. The lowest BCUT2D eigenvalue weighted by Gasteiger charge is -2.14. The Kier molecular flexibility index (Phi) is 3.35. The molecule has 6 nitrogen and oxygen atoms in total. The molecule has 0 aliphatic carbocycles. The third-order valence-corrected chi connectivity index (χ3v) is 3.59. The summed E-state index contributed by atoms with van der Waals surface area (Å²) < 4.78 is 15.5. The minimum atomic E-state index is -0.903. The van der Waals surface area contributed by atoms with Crippen molar-refractivity contribution >= 4 is 5.82 Å². The molecular formula is C13H17FN6. The van der Waals surface area contributed by atoms with Crippen molar-refractivity contribution in [2.24, 2.45) is 7.05 Å². The van der Waals surface area contributed by atoms with Crippen LogP contribution in [0.5, 0.6) is 0 Å². The fourth-order valence-corrected chi connectivity index (χ4v) is 2.28. The molecule has 2 N–H and O–H groups in total. The molecule has 0 bridgehead atoms. The second-order valence-electron chi connectivity index (χ2n) is 4.96. The molecule has 0 spiro atoms. The molecule has 7 heteroatoms. The molecule has 0 saturated carbocycles. The van der Waals surface area contributed by atoms with E-state index in [4.69, 9.17) is 0 Å². The highest BCUT2D eigenvalue weighted by molar-refractivity contribution is 5.55. The van der Waals surface area contributed by atoms with E-state index in [1.807, 2.05) is 18.5 Å². The summed E-state index contributed by atoms with van der Waals surface area (Å²) in [6.07, 6.45) is 4.15. The van der Waals surface area contributed by atoms with Crippen molar-refractivity contribution in [2.75, 3.05) is 18.4 Å². The van der Waals surface area contributed by atoms with Crippen molar-refractivity contribution in [1.82, 2.24) is 24.8 Å². The lowest BCUT2D eigenvalue weighted by atomic mass is 10.2. The Morgan fingerprint density at radius 3 is 2.85 bits per heavy atom. The highest BCUT2D eigenvalue weighted by Gasteiger charge is 2.26. The Morgan fingerprint density at radius 1 is 1.35 bits per heavy atom. The van der Waals surface area contributed by atoms with Gasteiger partial charge in [0.1, 0.15) is 23.5 Å². The highest BCUT2D eigenvalue weighted by atomic mass is 19.1. The van der Waals surface area contributed by atoms with Crippen LogP contribution in [0.15, 0.2) is 18.6 Å². The molecule has 1 aliphatic rings. The molecule has 3 rings (SSSR count). The Balaban J connectivity index is 1.84. The number of anilines is 1. The molecule has 2 atom stereocenters. The molecular weight excluding hydrogens is 259 g/mol. The molecule has 0 aromatic carbocycles. The van der Waals surface area contributed by atoms with E-state index in [-0.39, 0.29) is 6.04 Å². The largest absolute Gasteiger partial charge is 0.362 e. The van der Waals surface area contributed by atoms with Gasteiger partial charge >= 0.3 is 0 Å². The van der Waals surface area contributed by atoms with E-state index in [1.54, 1.807) is 18.6 Å². The molecule has 2 aromatic heterocycles. The normalized spacial score (nSPS) is 22.1. The Morgan fingerprint density at radius 2 is 2.20 bits per heavy atom. The van der Waals surface area contributed by atoms with Crippen LogP contribution >= 0.6 is 0 Å². The zero-order valence-corrected chi connectivity index (χ0v) is 11.5. The van der Waals surface area contributed by atoms with E-state index in [9.17, 15) is 4.39 Å². The van der Waals surface area contributed by atoms with Gasteiger partial charge in [0.2, 0.25) is 0 Å². The van der Waals surface area contributed by atoms with Gasteiger partial charge in [0.15, 0.2) is 0 Å². The van der Waals surface area contributed by atoms with E-state index in [2.05, 4.69) is 25.6 Å². The lowest BCUT2D eigenvalue weighted by Crippen LogP contribution is -2.29. The van der Waals surface area contributed by atoms with Gasteiger partial charge in [0.25, 0.3) is 0 Å². The van der Waals surface area contributed by atoms with Gasteiger partial charge in [0, 0.05) is 20.1 Å². The molecule has 0 unspecified atom stereocenters. The number of nitrogens with one attached hydrogen (secondary N) is 2. The molecule has 0 radical (unpaired) electrons. The highest BCUT2D eigenvalue weighted by Crippen LogP contribution is 2.19. The number of imidazole rings is 1. The SMILES string of the molecule is Cc1ncc(-c2cncc(N[C@@H]3CNC[C@@H]3F)n2)n1C. The molecule has 1 fully saturated rings. The summed E-state index contributed by atoms with van der Waals surface area (Å²) in [5.41, 5.74) is 1.61. The number of nitrogens with zero attached hydrogens (tertiary/aromatic N) is 4. The zero-order valence-electron chi connectivity index (χ0n) is 11.5. The molecule has 1 aliphatic heterocycles. The van der Waals surface area contributed by atoms with Gasteiger partial charge in [-0.05, 0) is 6.92 Å². The van der Waals surface area contributed by atoms with Crippen molar-refractivity contribution in [2.45, 2.75) is 19.1 Å². The van der Waals surface area contributed by atoms with E-state index in [1.165, 1.54) is 0 Å². The van der Waals surface area contributed by atoms with Crippen molar-refractivity contribution in [1.29, 1.82) is 0 Å². The molecule has 0 amide bonds. The maximum absolute atomic E-state index is 13.6. The van der Waals surface area contributed by atoms with Crippen LogP contribution in [0.2, 0.25) is 0 Å². The minimum Gasteiger partial charge on any atom is -0.362 e. The first kappa shape index (κ1) is 13.0. The Labute approximate surface area is 116 Å². The van der Waals surface area contributed by atoms with Gasteiger partial charge in [0.05, 0.1) is 30.3 Å². The van der Waals surface area contributed by atoms with Crippen LogP contribution in [0.25, 0.3) is 11.4 Å². The summed E-state index contributed by atoms with van der Waals surface area (Å²) >= 11 is 0. The third kappa shape index (κ3) is 2.36. The number of alkyl halides is 1. The van der Waals surface area contributed by atoms with Crippen LogP contribution in [0, 0.1) is 6.92 Å². The zero-order chi connectivity index (χ0) is 14.1. The average Bonchev–Trinajstić information content (AvgIpc) is 2.98. The number of hydrogen-bond acceptors (Lipinski definition) is 5. The van der Waals surface area contributed by atoms with Crippen LogP contribution in [0.4, 0.5) is 10.2 Å². The van der Waals surface area contributed by atoms with E-state index < -0.39 is 6.17 Å². The van der Waals surface area contributed by atoms with E-state index >= 15 is 0 Å². The Hall–Kier alpha value is -2.02. The van der Waals surface area contributed by atoms with Gasteiger partial charge in [-0.3, -0.25) is 4.98 Å². The topological polar surface area (TPSA) is 67.7 Å². The fraction of sp³-hybridized carbons (Fsp3) is 0.462. The van der Waals surface area contributed by atoms with Crippen molar-refractivity contribution in [3.63, 3.8) is 0 Å². The molecule has 106 valence electrons. The number of hydrogen-bond donors (Lipinski definition) is 2. The first-order chi connectivity index (χ1) is 9.65. The maximum Gasteiger partial charge on any atom is 0.145 e. The van der Waals surface area contributed by atoms with Crippen LogP contribution in [0.3, 0.4) is 0 Å². The fourth-order valence-electron chi connectivity index (χ4n) is 2.28. The minimum absolute atomic E-state index is 0.257.